The van der Waals surface area contributed by atoms with Gasteiger partial charge >= 0.3 is 0 Å². The molecule has 88 valence electrons. The Hall–Kier alpha value is 0.0400. The molecule has 0 atom stereocenters. The van der Waals surface area contributed by atoms with Gasteiger partial charge in [-0.2, -0.15) is 0 Å². The third kappa shape index (κ3) is 3.75. The molecule has 0 N–H and O–H groups in total. The minimum absolute atomic E-state index is 0.805. The number of hydrogen-bond acceptors (Lipinski definition) is 1. The Morgan fingerprint density at radius 2 is 1.82 bits per heavy atom. The molecule has 0 aliphatic rings. The second-order valence-electron chi connectivity index (χ2n) is 3.45. The zero-order valence-electron chi connectivity index (χ0n) is 8.79. The lowest BCUT2D eigenvalue weighted by Gasteiger charge is -2.06. The molecule has 0 nitrogen and oxygen atoms in total. The van der Waals surface area contributed by atoms with Gasteiger partial charge in [0.2, 0.25) is 0 Å². The van der Waals surface area contributed by atoms with E-state index in [9.17, 15) is 0 Å². The van der Waals surface area contributed by atoms with E-state index in [4.69, 9.17) is 11.6 Å². The molecule has 0 fully saturated rings. The van der Waals surface area contributed by atoms with Crippen molar-refractivity contribution >= 4 is 55.2 Å². The van der Waals surface area contributed by atoms with E-state index in [1.165, 1.54) is 4.90 Å². The van der Waals surface area contributed by atoms with Gasteiger partial charge in [0.05, 0.1) is 0 Å². The summed E-state index contributed by atoms with van der Waals surface area (Å²) < 4.78 is 2.13. The Bertz CT molecular complexity index is 529. The van der Waals surface area contributed by atoms with Crippen molar-refractivity contribution in [2.45, 2.75) is 10.6 Å². The van der Waals surface area contributed by atoms with Crippen molar-refractivity contribution in [1.29, 1.82) is 0 Å². The van der Waals surface area contributed by atoms with Gasteiger partial charge in [0.1, 0.15) is 0 Å². The van der Waals surface area contributed by atoms with Gasteiger partial charge in [0.25, 0.3) is 0 Å². The van der Waals surface area contributed by atoms with E-state index in [0.29, 0.717) is 0 Å². The molecule has 0 aliphatic heterocycles. The van der Waals surface area contributed by atoms with Gasteiger partial charge in [-0.25, -0.2) is 0 Å². The van der Waals surface area contributed by atoms with Crippen molar-refractivity contribution in [1.82, 2.24) is 0 Å². The van der Waals surface area contributed by atoms with Crippen LogP contribution in [0.5, 0.6) is 0 Å². The molecule has 0 aromatic heterocycles. The molecule has 0 unspecified atom stereocenters. The highest BCUT2D eigenvalue weighted by atomic mass is 79.9. The normalized spacial score (nSPS) is 10.5. The van der Waals surface area contributed by atoms with Gasteiger partial charge in [-0.3, -0.25) is 0 Å². The van der Waals surface area contributed by atoms with E-state index in [1.54, 1.807) is 11.8 Å². The van der Waals surface area contributed by atoms with Crippen molar-refractivity contribution < 1.29 is 0 Å². The van der Waals surface area contributed by atoms with Crippen LogP contribution in [0.2, 0.25) is 5.02 Å². The Labute approximate surface area is 127 Å². The monoisotopic (exact) mass is 390 g/mol. The number of thioether (sulfide) groups is 1. The lowest BCUT2D eigenvalue weighted by molar-refractivity contribution is 1.35. The van der Waals surface area contributed by atoms with E-state index >= 15 is 0 Å². The topological polar surface area (TPSA) is 0 Å². The maximum Gasteiger partial charge on any atom is 0.0457 e. The third-order valence-electron chi connectivity index (χ3n) is 2.23. The lowest BCUT2D eigenvalue weighted by atomic mass is 10.2. The molecular weight excluding hydrogens is 383 g/mol. The van der Waals surface area contributed by atoms with Crippen LogP contribution in [0.15, 0.2) is 56.3 Å². The summed E-state index contributed by atoms with van der Waals surface area (Å²) in [4.78, 5) is 1.23. The fourth-order valence-corrected chi connectivity index (χ4v) is 3.75. The zero-order valence-corrected chi connectivity index (χ0v) is 13.5. The fourth-order valence-electron chi connectivity index (χ4n) is 1.36. The van der Waals surface area contributed by atoms with E-state index in [-0.39, 0.29) is 0 Å². The summed E-state index contributed by atoms with van der Waals surface area (Å²) in [6.45, 7) is 0. The van der Waals surface area contributed by atoms with Crippen molar-refractivity contribution in [2.24, 2.45) is 0 Å². The Morgan fingerprint density at radius 3 is 2.53 bits per heavy atom. The highest BCUT2D eigenvalue weighted by molar-refractivity contribution is 9.10. The second kappa shape index (κ2) is 6.28. The molecule has 4 heteroatoms. The molecule has 2 aromatic rings. The van der Waals surface area contributed by atoms with Crippen LogP contribution in [0.25, 0.3) is 0 Å². The van der Waals surface area contributed by atoms with Crippen molar-refractivity contribution in [3.8, 4) is 0 Å². The smallest absolute Gasteiger partial charge is 0.0457 e. The molecule has 0 radical (unpaired) electrons. The second-order valence-corrected chi connectivity index (χ2v) is 6.65. The minimum Gasteiger partial charge on any atom is -0.120 e. The predicted octanol–water partition coefficient (Wildman–Crippen LogP) is 6.16. The molecule has 0 aliphatic carbocycles. The van der Waals surface area contributed by atoms with Crippen LogP contribution < -0.4 is 0 Å². The molecule has 0 heterocycles. The standard InChI is InChI=1S/C13H9Br2ClS/c14-10-6-5-9(12(16)7-10)8-17-13-4-2-1-3-11(13)15/h1-7H,8H2. The average Bonchev–Trinajstić information content (AvgIpc) is 2.30. The molecule has 0 amide bonds. The number of rotatable bonds is 3. The van der Waals surface area contributed by atoms with Crippen molar-refractivity contribution in [3.05, 3.63) is 62.0 Å². The lowest BCUT2D eigenvalue weighted by Crippen LogP contribution is -1.83. The number of hydrogen-bond donors (Lipinski definition) is 0. The molecular formula is C13H9Br2ClS. The third-order valence-corrected chi connectivity index (χ3v) is 5.16. The summed E-state index contributed by atoms with van der Waals surface area (Å²) in [5, 5.41) is 0.805. The Balaban J connectivity index is 2.10. The predicted molar refractivity (Wildman–Crippen MR) is 82.9 cm³/mol. The maximum atomic E-state index is 6.18. The SMILES string of the molecule is Clc1cc(Br)ccc1CSc1ccccc1Br. The van der Waals surface area contributed by atoms with Gasteiger partial charge in [0.15, 0.2) is 0 Å². The summed E-state index contributed by atoms with van der Waals surface area (Å²) >= 11 is 14.9. The average molecular weight is 393 g/mol. The molecule has 2 rings (SSSR count). The van der Waals surface area contributed by atoms with Crippen LogP contribution in [-0.2, 0) is 5.75 Å². The quantitative estimate of drug-likeness (QED) is 0.564. The van der Waals surface area contributed by atoms with Gasteiger partial charge in [0, 0.05) is 24.6 Å². The van der Waals surface area contributed by atoms with Crippen molar-refractivity contribution in [2.75, 3.05) is 0 Å². The van der Waals surface area contributed by atoms with E-state index in [0.717, 1.165) is 25.3 Å². The first-order chi connectivity index (χ1) is 8.16. The summed E-state index contributed by atoms with van der Waals surface area (Å²) in [5.41, 5.74) is 1.15. The fraction of sp³-hybridized carbons (Fsp3) is 0.0769. The number of halogens is 3. The summed E-state index contributed by atoms with van der Waals surface area (Å²) in [6, 6.07) is 14.2. The van der Waals surface area contributed by atoms with Crippen LogP contribution in [0.4, 0.5) is 0 Å². The highest BCUT2D eigenvalue weighted by Gasteiger charge is 2.04. The van der Waals surface area contributed by atoms with Crippen LogP contribution in [0, 0.1) is 0 Å². The molecule has 0 saturated heterocycles. The Kier molecular flexibility index (Phi) is 4.97. The number of benzene rings is 2. The summed E-state index contributed by atoms with van der Waals surface area (Å²) in [5.74, 6) is 0.870. The van der Waals surface area contributed by atoms with Gasteiger partial charge in [-0.15, -0.1) is 11.8 Å². The maximum absolute atomic E-state index is 6.18. The molecule has 0 saturated carbocycles. The van der Waals surface area contributed by atoms with E-state index in [1.807, 2.05) is 30.3 Å². The van der Waals surface area contributed by atoms with Gasteiger partial charge in [-0.1, -0.05) is 45.7 Å². The molecule has 0 bridgehead atoms. The van der Waals surface area contributed by atoms with Crippen LogP contribution >= 0.6 is 55.2 Å². The van der Waals surface area contributed by atoms with E-state index in [2.05, 4.69) is 44.0 Å². The van der Waals surface area contributed by atoms with Crippen LogP contribution in [-0.4, -0.2) is 0 Å². The molecule has 2 aromatic carbocycles. The highest BCUT2D eigenvalue weighted by Crippen LogP contribution is 2.32. The summed E-state index contributed by atoms with van der Waals surface area (Å²) in [7, 11) is 0. The van der Waals surface area contributed by atoms with Gasteiger partial charge in [-0.05, 0) is 45.8 Å². The van der Waals surface area contributed by atoms with Crippen LogP contribution in [0.1, 0.15) is 5.56 Å². The first kappa shape index (κ1) is 13.5. The van der Waals surface area contributed by atoms with E-state index < -0.39 is 0 Å². The van der Waals surface area contributed by atoms with Crippen molar-refractivity contribution in [3.63, 3.8) is 0 Å². The van der Waals surface area contributed by atoms with Gasteiger partial charge < -0.3 is 0 Å². The zero-order chi connectivity index (χ0) is 12.3. The molecule has 0 spiro atoms. The van der Waals surface area contributed by atoms with Crippen LogP contribution in [0.3, 0.4) is 0 Å². The first-order valence-electron chi connectivity index (χ1n) is 4.98. The Morgan fingerprint density at radius 1 is 1.06 bits per heavy atom. The summed E-state index contributed by atoms with van der Waals surface area (Å²) in [6.07, 6.45) is 0. The molecule has 17 heavy (non-hydrogen) atoms. The minimum atomic E-state index is 0.805. The largest absolute Gasteiger partial charge is 0.120 e. The first-order valence-corrected chi connectivity index (χ1v) is 7.93.